The molecule has 7 nitrogen and oxygen atoms in total. The van der Waals surface area contributed by atoms with Crippen molar-refractivity contribution in [2.24, 2.45) is 11.0 Å². The highest BCUT2D eigenvalue weighted by molar-refractivity contribution is 9.10. The first-order chi connectivity index (χ1) is 8.63. The van der Waals surface area contributed by atoms with E-state index in [0.717, 1.165) is 0 Å². The summed E-state index contributed by atoms with van der Waals surface area (Å²) in [6.45, 7) is 0.825. The minimum Gasteiger partial charge on any atom is -0.396 e. The Morgan fingerprint density at radius 3 is 3.11 bits per heavy atom. The monoisotopic (exact) mass is 310 g/mol. The van der Waals surface area contributed by atoms with Gasteiger partial charge >= 0.3 is 0 Å². The van der Waals surface area contributed by atoms with Crippen LogP contribution in [0.4, 0.5) is 11.4 Å². The van der Waals surface area contributed by atoms with Crippen LogP contribution in [0, 0.1) is 5.92 Å². The minimum absolute atomic E-state index is 0.0215. The van der Waals surface area contributed by atoms with Crippen molar-refractivity contribution in [3.05, 3.63) is 27.3 Å². The van der Waals surface area contributed by atoms with E-state index in [2.05, 4.69) is 30.9 Å². The number of nitrogen functional groups attached to an aromatic ring is 1. The summed E-state index contributed by atoms with van der Waals surface area (Å²) in [4.78, 5) is 20.2. The lowest BCUT2D eigenvalue weighted by atomic mass is 10.1. The van der Waals surface area contributed by atoms with Gasteiger partial charge in [0.25, 0.3) is 0 Å². The third-order valence-corrected chi connectivity index (χ3v) is 3.36. The average molecular weight is 311 g/mol. The number of anilines is 2. The molecule has 1 aliphatic rings. The van der Waals surface area contributed by atoms with Crippen molar-refractivity contribution in [2.75, 3.05) is 23.7 Å². The number of nitrogens with two attached hydrogens (primary N) is 1. The Hall–Kier alpha value is -1.79. The predicted octanol–water partition coefficient (Wildman–Crippen LogP) is 2.09. The van der Waals surface area contributed by atoms with E-state index in [0.29, 0.717) is 35.4 Å². The quantitative estimate of drug-likeness (QED) is 0.524. The van der Waals surface area contributed by atoms with E-state index in [4.69, 9.17) is 11.3 Å². The minimum atomic E-state index is -0.0215. The Bertz CT molecular complexity index is 507. The zero-order chi connectivity index (χ0) is 13.1. The van der Waals surface area contributed by atoms with Crippen molar-refractivity contribution in [1.29, 1.82) is 0 Å². The van der Waals surface area contributed by atoms with Gasteiger partial charge in [0, 0.05) is 30.6 Å². The van der Waals surface area contributed by atoms with Gasteiger partial charge in [0.1, 0.15) is 0 Å². The first-order valence-corrected chi connectivity index (χ1v) is 6.13. The van der Waals surface area contributed by atoms with Crippen LogP contribution in [0.3, 0.4) is 0 Å². The summed E-state index contributed by atoms with van der Waals surface area (Å²) in [6.07, 6.45) is 3.47. The van der Waals surface area contributed by atoms with Crippen molar-refractivity contribution in [3.63, 3.8) is 0 Å². The standard InChI is InChI=1S/C10H11BrN6O/c11-7-3-14-4-8(12)10(7)17-5-6(1-9(17)18)2-15-16-13/h3-4,6H,1-2,5,12H2. The van der Waals surface area contributed by atoms with Crippen LogP contribution >= 0.6 is 15.9 Å². The molecule has 2 N–H and O–H groups in total. The van der Waals surface area contributed by atoms with Crippen molar-refractivity contribution in [1.82, 2.24) is 4.98 Å². The number of rotatable bonds is 3. The molecule has 94 valence electrons. The molecular formula is C10H11BrN6O. The van der Waals surface area contributed by atoms with E-state index in [1.54, 1.807) is 11.1 Å². The molecule has 18 heavy (non-hydrogen) atoms. The van der Waals surface area contributed by atoms with Crippen LogP contribution < -0.4 is 10.6 Å². The lowest BCUT2D eigenvalue weighted by Crippen LogP contribution is -2.26. The number of hydrogen-bond acceptors (Lipinski definition) is 4. The summed E-state index contributed by atoms with van der Waals surface area (Å²) in [5, 5.41) is 3.51. The van der Waals surface area contributed by atoms with E-state index in [-0.39, 0.29) is 11.8 Å². The van der Waals surface area contributed by atoms with Gasteiger partial charge in [-0.1, -0.05) is 5.11 Å². The molecule has 1 aliphatic heterocycles. The highest BCUT2D eigenvalue weighted by atomic mass is 79.9. The van der Waals surface area contributed by atoms with Crippen LogP contribution in [-0.2, 0) is 4.79 Å². The number of halogens is 1. The summed E-state index contributed by atoms with van der Waals surface area (Å²) < 4.78 is 0.681. The number of azide groups is 1. The molecule has 1 aromatic heterocycles. The number of aromatic nitrogens is 1. The Labute approximate surface area is 112 Å². The molecule has 0 aliphatic carbocycles. The molecule has 1 amide bonds. The maximum atomic E-state index is 11.9. The fourth-order valence-corrected chi connectivity index (χ4v) is 2.56. The summed E-state index contributed by atoms with van der Waals surface area (Å²) in [7, 11) is 0. The van der Waals surface area contributed by atoms with Gasteiger partial charge in [-0.15, -0.1) is 0 Å². The van der Waals surface area contributed by atoms with Crippen LogP contribution in [0.1, 0.15) is 6.42 Å². The number of amides is 1. The number of nitrogens with zero attached hydrogens (tertiary/aromatic N) is 5. The maximum absolute atomic E-state index is 11.9. The van der Waals surface area contributed by atoms with Gasteiger partial charge in [0.05, 0.1) is 22.0 Å². The SMILES string of the molecule is [N-]=[N+]=NCC1CC(=O)N(c2c(N)cncc2Br)C1. The van der Waals surface area contributed by atoms with E-state index in [1.807, 2.05) is 0 Å². The molecule has 0 bridgehead atoms. The maximum Gasteiger partial charge on any atom is 0.227 e. The second-order valence-electron chi connectivity index (χ2n) is 4.05. The van der Waals surface area contributed by atoms with Crippen molar-refractivity contribution < 1.29 is 4.79 Å². The Morgan fingerprint density at radius 2 is 2.44 bits per heavy atom. The van der Waals surface area contributed by atoms with E-state index in [9.17, 15) is 4.79 Å². The van der Waals surface area contributed by atoms with Gasteiger partial charge < -0.3 is 10.6 Å². The van der Waals surface area contributed by atoms with Crippen LogP contribution in [0.15, 0.2) is 22.0 Å². The van der Waals surface area contributed by atoms with E-state index < -0.39 is 0 Å². The summed E-state index contributed by atoms with van der Waals surface area (Å²) in [6, 6.07) is 0. The van der Waals surface area contributed by atoms with Crippen molar-refractivity contribution >= 4 is 33.2 Å². The Balaban J connectivity index is 2.24. The lowest BCUT2D eigenvalue weighted by Gasteiger charge is -2.19. The molecule has 1 aromatic rings. The van der Waals surface area contributed by atoms with Crippen LogP contribution in [0.2, 0.25) is 0 Å². The molecule has 1 unspecified atom stereocenters. The topological polar surface area (TPSA) is 108 Å². The Kier molecular flexibility index (Phi) is 3.69. The molecule has 2 rings (SSSR count). The second kappa shape index (κ2) is 5.24. The molecule has 0 spiro atoms. The highest BCUT2D eigenvalue weighted by Crippen LogP contribution is 2.35. The van der Waals surface area contributed by atoms with Crippen LogP contribution in [0.5, 0.6) is 0 Å². The van der Waals surface area contributed by atoms with Gasteiger partial charge in [-0.3, -0.25) is 9.78 Å². The molecule has 8 heteroatoms. The van der Waals surface area contributed by atoms with E-state index in [1.165, 1.54) is 6.20 Å². The second-order valence-corrected chi connectivity index (χ2v) is 4.90. The third-order valence-electron chi connectivity index (χ3n) is 2.78. The predicted molar refractivity (Wildman–Crippen MR) is 70.8 cm³/mol. The van der Waals surface area contributed by atoms with Gasteiger partial charge in [0.15, 0.2) is 0 Å². The molecule has 0 aromatic carbocycles. The van der Waals surface area contributed by atoms with Gasteiger partial charge in [-0.25, -0.2) is 0 Å². The number of carbonyl (C=O) groups excluding carboxylic acids is 1. The van der Waals surface area contributed by atoms with Crippen molar-refractivity contribution in [2.45, 2.75) is 6.42 Å². The normalized spacial score (nSPS) is 18.8. The molecule has 2 heterocycles. The summed E-state index contributed by atoms with van der Waals surface area (Å²) >= 11 is 3.34. The largest absolute Gasteiger partial charge is 0.396 e. The zero-order valence-corrected chi connectivity index (χ0v) is 11.0. The zero-order valence-electron chi connectivity index (χ0n) is 9.45. The van der Waals surface area contributed by atoms with E-state index >= 15 is 0 Å². The number of hydrogen-bond donors (Lipinski definition) is 1. The molecule has 0 saturated carbocycles. The molecule has 1 atom stereocenters. The first-order valence-electron chi connectivity index (χ1n) is 5.33. The highest BCUT2D eigenvalue weighted by Gasteiger charge is 2.32. The number of pyridine rings is 1. The first kappa shape index (κ1) is 12.7. The van der Waals surface area contributed by atoms with Gasteiger partial charge in [0.2, 0.25) is 5.91 Å². The lowest BCUT2D eigenvalue weighted by molar-refractivity contribution is -0.117. The van der Waals surface area contributed by atoms with Gasteiger partial charge in [-0.2, -0.15) is 0 Å². The fraction of sp³-hybridized carbons (Fsp3) is 0.400. The molecule has 0 radical (unpaired) electrons. The molecular weight excluding hydrogens is 300 g/mol. The van der Waals surface area contributed by atoms with Crippen LogP contribution in [0.25, 0.3) is 10.4 Å². The average Bonchev–Trinajstić information content (AvgIpc) is 2.68. The number of carbonyl (C=O) groups is 1. The van der Waals surface area contributed by atoms with Gasteiger partial charge in [-0.05, 0) is 27.4 Å². The summed E-state index contributed by atoms with van der Waals surface area (Å²) in [5.41, 5.74) is 15.2. The Morgan fingerprint density at radius 1 is 1.67 bits per heavy atom. The van der Waals surface area contributed by atoms with Crippen molar-refractivity contribution in [3.8, 4) is 0 Å². The fourth-order valence-electron chi connectivity index (χ4n) is 2.00. The smallest absolute Gasteiger partial charge is 0.227 e. The molecule has 1 saturated heterocycles. The molecule has 1 fully saturated rings. The van der Waals surface area contributed by atoms with Crippen LogP contribution in [-0.4, -0.2) is 24.0 Å². The third kappa shape index (κ3) is 2.39. The summed E-state index contributed by atoms with van der Waals surface area (Å²) in [5.74, 6) is 0.0135.